The second-order valence-corrected chi connectivity index (χ2v) is 12.7. The lowest BCUT2D eigenvalue weighted by Gasteiger charge is -2.13. The quantitative estimate of drug-likeness (QED) is 0.225. The van der Waals surface area contributed by atoms with Crippen molar-refractivity contribution in [3.63, 3.8) is 0 Å². The lowest BCUT2D eigenvalue weighted by molar-refractivity contribution is -0.133. The lowest BCUT2D eigenvalue weighted by Crippen LogP contribution is -2.16. The van der Waals surface area contributed by atoms with Crippen LogP contribution in [0.25, 0.3) is 10.9 Å². The van der Waals surface area contributed by atoms with Crippen LogP contribution in [-0.4, -0.2) is 37.9 Å². The zero-order chi connectivity index (χ0) is 23.3. The van der Waals surface area contributed by atoms with Gasteiger partial charge in [0, 0.05) is 11.5 Å². The number of ether oxygens (including phenoxy) is 2. The number of rotatable bonds is 7. The van der Waals surface area contributed by atoms with Crippen molar-refractivity contribution >= 4 is 36.2 Å². The summed E-state index contributed by atoms with van der Waals surface area (Å²) < 4.78 is 48.7. The first-order chi connectivity index (χ1) is 15.1. The van der Waals surface area contributed by atoms with Gasteiger partial charge in [-0.05, 0) is 18.2 Å². The summed E-state index contributed by atoms with van der Waals surface area (Å²) in [6.07, 6.45) is 1.32. The largest absolute Gasteiger partial charge is 0.489 e. The number of benzene rings is 2. The number of hydrogen-bond donors (Lipinski definition) is 2. The zero-order valence-corrected chi connectivity index (χ0v) is 18.9. The molecule has 3 N–H and O–H groups in total. The third-order valence-electron chi connectivity index (χ3n) is 4.18. The van der Waals surface area contributed by atoms with Crippen molar-refractivity contribution in [2.45, 2.75) is 26.3 Å². The van der Waals surface area contributed by atoms with Crippen molar-refractivity contribution in [2.24, 2.45) is 0 Å². The zero-order valence-electron chi connectivity index (χ0n) is 17.9. The van der Waals surface area contributed by atoms with E-state index in [1.54, 1.807) is 30.3 Å². The third kappa shape index (κ3) is 6.12. The Morgan fingerprint density at radius 1 is 1.16 bits per heavy atom. The molecule has 1 heterocycles. The van der Waals surface area contributed by atoms with Crippen LogP contribution in [0, 0.1) is 17.3 Å². The molecule has 6 nitrogen and oxygen atoms in total. The Bertz CT molecular complexity index is 1170. The fourth-order valence-corrected chi connectivity index (χ4v) is 3.23. The van der Waals surface area contributed by atoms with E-state index in [0.717, 1.165) is 0 Å². The molecule has 0 bridgehead atoms. The van der Waals surface area contributed by atoms with E-state index in [9.17, 15) is 8.78 Å². The number of halogens is 3. The van der Waals surface area contributed by atoms with Gasteiger partial charge < -0.3 is 20.5 Å². The second-order valence-electron chi connectivity index (χ2n) is 7.90. The van der Waals surface area contributed by atoms with Crippen molar-refractivity contribution < 1.29 is 22.6 Å². The SMILES string of the molecule is C[Si](C)(C)C#Cc1cccc(Nc2ncnc3cc(OCCOC(F)F)c(N)cc23)c1F. The van der Waals surface area contributed by atoms with Crippen LogP contribution in [-0.2, 0) is 4.74 Å². The van der Waals surface area contributed by atoms with E-state index in [2.05, 4.69) is 51.1 Å². The maximum Gasteiger partial charge on any atom is 0.345 e. The van der Waals surface area contributed by atoms with Gasteiger partial charge in [0.1, 0.15) is 32.6 Å². The molecule has 1 aromatic heterocycles. The molecule has 168 valence electrons. The van der Waals surface area contributed by atoms with Crippen molar-refractivity contribution in [2.75, 3.05) is 24.3 Å². The number of alkyl halides is 2. The molecule has 3 rings (SSSR count). The molecule has 0 aliphatic heterocycles. The lowest BCUT2D eigenvalue weighted by atomic mass is 10.1. The van der Waals surface area contributed by atoms with Crippen LogP contribution in [0.3, 0.4) is 0 Å². The highest BCUT2D eigenvalue weighted by Gasteiger charge is 2.14. The minimum absolute atomic E-state index is 0.104. The van der Waals surface area contributed by atoms with Crippen LogP contribution in [0.2, 0.25) is 19.6 Å². The van der Waals surface area contributed by atoms with Gasteiger partial charge in [-0.15, -0.1) is 5.54 Å². The highest BCUT2D eigenvalue weighted by atomic mass is 28.3. The van der Waals surface area contributed by atoms with E-state index >= 15 is 4.39 Å². The summed E-state index contributed by atoms with van der Waals surface area (Å²) in [6.45, 7) is 2.99. The van der Waals surface area contributed by atoms with Gasteiger partial charge in [0.05, 0.1) is 29.1 Å². The number of fused-ring (bicyclic) bond motifs is 1. The molecule has 0 atom stereocenters. The molecule has 0 spiro atoms. The summed E-state index contributed by atoms with van der Waals surface area (Å²) in [5.41, 5.74) is 10.5. The average Bonchev–Trinajstić information content (AvgIpc) is 2.71. The number of anilines is 3. The van der Waals surface area contributed by atoms with Gasteiger partial charge in [-0.25, -0.2) is 14.4 Å². The van der Waals surface area contributed by atoms with Gasteiger partial charge in [-0.1, -0.05) is 31.6 Å². The third-order valence-corrected chi connectivity index (χ3v) is 5.05. The Morgan fingerprint density at radius 3 is 2.66 bits per heavy atom. The molecular formula is C22H23F3N4O2Si. The van der Waals surface area contributed by atoms with E-state index in [0.29, 0.717) is 22.3 Å². The first kappa shape index (κ1) is 23.4. The molecule has 0 fully saturated rings. The Morgan fingerprint density at radius 2 is 1.94 bits per heavy atom. The Labute approximate surface area is 185 Å². The Kier molecular flexibility index (Phi) is 7.22. The molecule has 0 amide bonds. The number of nitrogens with two attached hydrogens (primary N) is 1. The van der Waals surface area contributed by atoms with Gasteiger partial charge in [-0.2, -0.15) is 8.78 Å². The van der Waals surface area contributed by atoms with Crippen molar-refractivity contribution in [3.8, 4) is 17.2 Å². The van der Waals surface area contributed by atoms with Crippen molar-refractivity contribution in [1.82, 2.24) is 9.97 Å². The van der Waals surface area contributed by atoms with Crippen LogP contribution in [0.15, 0.2) is 36.7 Å². The van der Waals surface area contributed by atoms with E-state index in [1.807, 2.05) is 0 Å². The van der Waals surface area contributed by atoms with Crippen LogP contribution >= 0.6 is 0 Å². The number of nitrogens with one attached hydrogen (secondary N) is 1. The highest BCUT2D eigenvalue weighted by Crippen LogP contribution is 2.32. The molecule has 10 heteroatoms. The van der Waals surface area contributed by atoms with Crippen LogP contribution in [0.5, 0.6) is 5.75 Å². The standard InChI is InChI=1S/C22H23F3N4O2Si/c1-32(2,3)10-7-14-5-4-6-17(20(14)23)29-21-15-11-16(26)19(12-18(15)27-13-28-21)30-8-9-31-22(24)25/h4-6,11-13,22H,8-9,26H2,1-3H3,(H,27,28,29). The summed E-state index contributed by atoms with van der Waals surface area (Å²) in [7, 11) is -1.66. The number of nitrogens with zero attached hydrogens (tertiary/aromatic N) is 2. The van der Waals surface area contributed by atoms with E-state index in [1.165, 1.54) is 6.33 Å². The summed E-state index contributed by atoms with van der Waals surface area (Å²) in [5, 5.41) is 3.52. The molecule has 32 heavy (non-hydrogen) atoms. The van der Waals surface area contributed by atoms with Gasteiger partial charge in [0.15, 0.2) is 5.82 Å². The van der Waals surface area contributed by atoms with E-state index in [-0.39, 0.29) is 30.3 Å². The minimum Gasteiger partial charge on any atom is -0.489 e. The summed E-state index contributed by atoms with van der Waals surface area (Å²) >= 11 is 0. The van der Waals surface area contributed by atoms with E-state index in [4.69, 9.17) is 10.5 Å². The molecular weight excluding hydrogens is 437 g/mol. The first-order valence-corrected chi connectivity index (χ1v) is 13.3. The van der Waals surface area contributed by atoms with Gasteiger partial charge in [0.2, 0.25) is 0 Å². The molecule has 2 aromatic carbocycles. The summed E-state index contributed by atoms with van der Waals surface area (Å²) in [4.78, 5) is 8.39. The second kappa shape index (κ2) is 9.89. The number of aromatic nitrogens is 2. The Balaban J connectivity index is 1.87. The molecule has 0 aliphatic carbocycles. The van der Waals surface area contributed by atoms with Gasteiger partial charge >= 0.3 is 6.61 Å². The smallest absolute Gasteiger partial charge is 0.345 e. The van der Waals surface area contributed by atoms with Crippen LogP contribution in [0.4, 0.5) is 30.4 Å². The molecule has 0 saturated carbocycles. The predicted octanol–water partition coefficient (Wildman–Crippen LogP) is 4.94. The number of nitrogen functional groups attached to an aromatic ring is 1. The van der Waals surface area contributed by atoms with Crippen molar-refractivity contribution in [3.05, 3.63) is 48.0 Å². The minimum atomic E-state index is -2.87. The summed E-state index contributed by atoms with van der Waals surface area (Å²) in [6, 6.07) is 8.07. The molecule has 3 aromatic rings. The first-order valence-electron chi connectivity index (χ1n) is 9.79. The fraction of sp³-hybridized carbons (Fsp3) is 0.273. The predicted molar refractivity (Wildman–Crippen MR) is 121 cm³/mol. The normalized spacial score (nSPS) is 11.3. The average molecular weight is 461 g/mol. The monoisotopic (exact) mass is 460 g/mol. The molecule has 0 radical (unpaired) electrons. The maximum atomic E-state index is 15.0. The maximum absolute atomic E-state index is 15.0. The van der Waals surface area contributed by atoms with Crippen molar-refractivity contribution in [1.29, 1.82) is 0 Å². The Hall–Kier alpha value is -3.29. The van der Waals surface area contributed by atoms with Gasteiger partial charge in [-0.3, -0.25) is 0 Å². The molecule has 0 unspecified atom stereocenters. The van der Waals surface area contributed by atoms with Crippen LogP contribution < -0.4 is 15.8 Å². The molecule has 0 aliphatic rings. The van der Waals surface area contributed by atoms with Gasteiger partial charge in [0.25, 0.3) is 0 Å². The van der Waals surface area contributed by atoms with E-state index < -0.39 is 20.5 Å². The summed E-state index contributed by atoms with van der Waals surface area (Å²) in [5.74, 6) is 3.08. The number of hydrogen-bond acceptors (Lipinski definition) is 6. The highest BCUT2D eigenvalue weighted by molar-refractivity contribution is 6.83. The van der Waals surface area contributed by atoms with Crippen LogP contribution in [0.1, 0.15) is 5.56 Å². The fourth-order valence-electron chi connectivity index (χ4n) is 2.72. The molecule has 0 saturated heterocycles. The topological polar surface area (TPSA) is 82.3 Å².